The van der Waals surface area contributed by atoms with E-state index in [1.54, 1.807) is 0 Å². The van der Waals surface area contributed by atoms with Crippen LogP contribution in [0.5, 0.6) is 0 Å². The highest BCUT2D eigenvalue weighted by Gasteiger charge is 2.29. The van der Waals surface area contributed by atoms with Crippen LogP contribution in [0, 0.1) is 5.92 Å². The summed E-state index contributed by atoms with van der Waals surface area (Å²) in [6.07, 6.45) is 2.67. The fraction of sp³-hybridized carbons (Fsp3) is 1.00. The second kappa shape index (κ2) is 5.10. The van der Waals surface area contributed by atoms with Crippen LogP contribution in [-0.4, -0.2) is 50.2 Å². The molecule has 0 aromatic carbocycles. The summed E-state index contributed by atoms with van der Waals surface area (Å²) in [4.78, 5) is 2.70. The number of piperazine rings is 1. The molecule has 2 rings (SSSR count). The largest absolute Gasteiger partial charge is 0.316 e. The van der Waals surface area contributed by atoms with Gasteiger partial charge in [0.05, 0.1) is 0 Å². The van der Waals surface area contributed by atoms with Crippen molar-refractivity contribution in [2.75, 3.05) is 39.3 Å². The molecule has 2 unspecified atom stereocenters. The third-order valence-electron chi connectivity index (χ3n) is 3.71. The van der Waals surface area contributed by atoms with Crippen LogP contribution in [0.1, 0.15) is 19.8 Å². The molecule has 2 atom stereocenters. The van der Waals surface area contributed by atoms with E-state index in [0.29, 0.717) is 0 Å². The third kappa shape index (κ3) is 2.27. The number of hydrogen-bond donors (Lipinski definition) is 2. The Kier molecular flexibility index (Phi) is 3.79. The van der Waals surface area contributed by atoms with Crippen molar-refractivity contribution in [1.82, 2.24) is 15.5 Å². The van der Waals surface area contributed by atoms with Crippen molar-refractivity contribution in [1.29, 1.82) is 0 Å². The molecule has 82 valence electrons. The van der Waals surface area contributed by atoms with Gasteiger partial charge in [0.2, 0.25) is 0 Å². The number of rotatable bonds is 2. The highest BCUT2D eigenvalue weighted by molar-refractivity contribution is 4.86. The molecular weight excluding hydrogens is 174 g/mol. The minimum absolute atomic E-state index is 0.850. The normalized spacial score (nSPS) is 35.8. The van der Waals surface area contributed by atoms with E-state index in [1.807, 2.05) is 0 Å². The van der Waals surface area contributed by atoms with Crippen molar-refractivity contribution in [2.24, 2.45) is 5.92 Å². The summed E-state index contributed by atoms with van der Waals surface area (Å²) in [6.45, 7) is 9.63. The Hall–Kier alpha value is -0.120. The van der Waals surface area contributed by atoms with E-state index in [1.165, 1.54) is 52.1 Å². The second-order valence-corrected chi connectivity index (χ2v) is 4.51. The maximum atomic E-state index is 3.51. The zero-order valence-electron chi connectivity index (χ0n) is 9.26. The monoisotopic (exact) mass is 197 g/mol. The molecule has 0 aromatic heterocycles. The zero-order chi connectivity index (χ0) is 9.80. The van der Waals surface area contributed by atoms with Crippen molar-refractivity contribution < 1.29 is 0 Å². The Labute approximate surface area is 87.2 Å². The van der Waals surface area contributed by atoms with E-state index < -0.39 is 0 Å². The molecule has 2 saturated heterocycles. The predicted octanol–water partition coefficient (Wildman–Crippen LogP) is 0.280. The van der Waals surface area contributed by atoms with Gasteiger partial charge >= 0.3 is 0 Å². The minimum Gasteiger partial charge on any atom is -0.316 e. The first-order chi connectivity index (χ1) is 6.92. The van der Waals surface area contributed by atoms with E-state index in [4.69, 9.17) is 0 Å². The van der Waals surface area contributed by atoms with Crippen molar-refractivity contribution in [3.05, 3.63) is 0 Å². The van der Waals surface area contributed by atoms with Gasteiger partial charge < -0.3 is 10.6 Å². The molecular formula is C11H23N3. The quantitative estimate of drug-likeness (QED) is 0.666. The predicted molar refractivity (Wildman–Crippen MR) is 59.5 cm³/mol. The summed E-state index contributed by atoms with van der Waals surface area (Å²) < 4.78 is 0. The first kappa shape index (κ1) is 10.4. The summed E-state index contributed by atoms with van der Waals surface area (Å²) in [6, 6.07) is 0.850. The molecule has 2 aliphatic heterocycles. The summed E-state index contributed by atoms with van der Waals surface area (Å²) >= 11 is 0. The first-order valence-electron chi connectivity index (χ1n) is 6.07. The van der Waals surface area contributed by atoms with Gasteiger partial charge in [0, 0.05) is 32.2 Å². The molecule has 3 nitrogen and oxygen atoms in total. The van der Waals surface area contributed by atoms with Gasteiger partial charge in [0.25, 0.3) is 0 Å². The zero-order valence-corrected chi connectivity index (χ0v) is 9.26. The van der Waals surface area contributed by atoms with Crippen molar-refractivity contribution >= 4 is 0 Å². The molecule has 0 aliphatic carbocycles. The lowest BCUT2D eigenvalue weighted by atomic mass is 9.89. The number of nitrogens with one attached hydrogen (secondary N) is 2. The van der Waals surface area contributed by atoms with E-state index >= 15 is 0 Å². The van der Waals surface area contributed by atoms with Gasteiger partial charge in [-0.05, 0) is 25.4 Å². The molecule has 0 saturated carbocycles. The first-order valence-corrected chi connectivity index (χ1v) is 6.07. The van der Waals surface area contributed by atoms with Crippen LogP contribution < -0.4 is 10.6 Å². The van der Waals surface area contributed by atoms with Crippen molar-refractivity contribution in [3.8, 4) is 0 Å². The molecule has 0 aromatic rings. The molecule has 2 heterocycles. The topological polar surface area (TPSA) is 27.3 Å². The Bertz CT molecular complexity index is 166. The maximum absolute atomic E-state index is 3.51. The lowest BCUT2D eigenvalue weighted by Crippen LogP contribution is -2.55. The van der Waals surface area contributed by atoms with Gasteiger partial charge in [-0.1, -0.05) is 13.3 Å². The van der Waals surface area contributed by atoms with Crippen LogP contribution >= 0.6 is 0 Å². The molecule has 0 spiro atoms. The Morgan fingerprint density at radius 3 is 2.64 bits per heavy atom. The minimum atomic E-state index is 0.850. The SMILES string of the molecule is CCC1CNCCC1N1CCNCC1. The fourth-order valence-corrected chi connectivity index (χ4v) is 2.82. The maximum Gasteiger partial charge on any atom is 0.0149 e. The highest BCUT2D eigenvalue weighted by atomic mass is 15.2. The van der Waals surface area contributed by atoms with E-state index in [-0.39, 0.29) is 0 Å². The highest BCUT2D eigenvalue weighted by Crippen LogP contribution is 2.21. The summed E-state index contributed by atoms with van der Waals surface area (Å²) in [7, 11) is 0. The van der Waals surface area contributed by atoms with Gasteiger partial charge in [-0.3, -0.25) is 4.90 Å². The number of piperidine rings is 1. The molecule has 14 heavy (non-hydrogen) atoms. The Morgan fingerprint density at radius 1 is 1.14 bits per heavy atom. The van der Waals surface area contributed by atoms with Crippen molar-refractivity contribution in [2.45, 2.75) is 25.8 Å². The lowest BCUT2D eigenvalue weighted by Gasteiger charge is -2.42. The molecule has 0 radical (unpaired) electrons. The van der Waals surface area contributed by atoms with Gasteiger partial charge in [0.1, 0.15) is 0 Å². The molecule has 3 heteroatoms. The summed E-state index contributed by atoms with van der Waals surface area (Å²) in [5.41, 5.74) is 0. The second-order valence-electron chi connectivity index (χ2n) is 4.51. The van der Waals surface area contributed by atoms with Crippen LogP contribution in [-0.2, 0) is 0 Å². The number of nitrogens with zero attached hydrogens (tertiary/aromatic N) is 1. The van der Waals surface area contributed by atoms with Gasteiger partial charge in [0.15, 0.2) is 0 Å². The smallest absolute Gasteiger partial charge is 0.0149 e. The molecule has 0 amide bonds. The van der Waals surface area contributed by atoms with Crippen molar-refractivity contribution in [3.63, 3.8) is 0 Å². The molecule has 0 bridgehead atoms. The van der Waals surface area contributed by atoms with Crippen LogP contribution in [0.3, 0.4) is 0 Å². The van der Waals surface area contributed by atoms with E-state index in [9.17, 15) is 0 Å². The van der Waals surface area contributed by atoms with Crippen LogP contribution in [0.2, 0.25) is 0 Å². The van der Waals surface area contributed by atoms with Gasteiger partial charge in [-0.25, -0.2) is 0 Å². The van der Waals surface area contributed by atoms with Crippen LogP contribution in [0.25, 0.3) is 0 Å². The van der Waals surface area contributed by atoms with Gasteiger partial charge in [-0.15, -0.1) is 0 Å². The lowest BCUT2D eigenvalue weighted by molar-refractivity contribution is 0.0968. The van der Waals surface area contributed by atoms with Crippen LogP contribution in [0.4, 0.5) is 0 Å². The van der Waals surface area contributed by atoms with E-state index in [0.717, 1.165) is 12.0 Å². The average molecular weight is 197 g/mol. The summed E-state index contributed by atoms with van der Waals surface area (Å²) in [5.74, 6) is 0.877. The van der Waals surface area contributed by atoms with Gasteiger partial charge in [-0.2, -0.15) is 0 Å². The molecule has 2 aliphatic rings. The fourth-order valence-electron chi connectivity index (χ4n) is 2.82. The summed E-state index contributed by atoms with van der Waals surface area (Å²) in [5, 5.41) is 6.94. The van der Waals surface area contributed by atoms with Crippen LogP contribution in [0.15, 0.2) is 0 Å². The molecule has 2 N–H and O–H groups in total. The third-order valence-corrected chi connectivity index (χ3v) is 3.71. The van der Waals surface area contributed by atoms with E-state index in [2.05, 4.69) is 22.5 Å². The Balaban J connectivity index is 1.91. The number of hydrogen-bond acceptors (Lipinski definition) is 3. The standard InChI is InChI=1S/C11H23N3/c1-2-10-9-13-4-3-11(10)14-7-5-12-6-8-14/h10-13H,2-9H2,1H3. The average Bonchev–Trinajstić information content (AvgIpc) is 2.30. The molecule has 2 fully saturated rings. The Morgan fingerprint density at radius 2 is 1.93 bits per heavy atom.